The van der Waals surface area contributed by atoms with Gasteiger partial charge in [0.1, 0.15) is 18.1 Å². The van der Waals surface area contributed by atoms with E-state index >= 15 is 0 Å². The summed E-state index contributed by atoms with van der Waals surface area (Å²) in [5.74, 6) is -0.785. The summed E-state index contributed by atoms with van der Waals surface area (Å²) >= 11 is 0. The molecule has 168 valence electrons. The maximum Gasteiger partial charge on any atom is 0.309 e. The Morgan fingerprint density at radius 2 is 2.06 bits per heavy atom. The Balaban J connectivity index is 1.36. The highest BCUT2D eigenvalue weighted by atomic mass is 19.1. The summed E-state index contributed by atoms with van der Waals surface area (Å²) in [5, 5.41) is 20.3. The summed E-state index contributed by atoms with van der Waals surface area (Å²) in [6.45, 7) is 3.53. The lowest BCUT2D eigenvalue weighted by atomic mass is 9.88. The highest BCUT2D eigenvalue weighted by Crippen LogP contribution is 2.39. The summed E-state index contributed by atoms with van der Waals surface area (Å²) in [5.41, 5.74) is 0.0994. The maximum atomic E-state index is 13.4. The Morgan fingerprint density at radius 3 is 2.75 bits per heavy atom. The molecule has 1 fully saturated rings. The van der Waals surface area contributed by atoms with E-state index in [4.69, 9.17) is 4.42 Å². The van der Waals surface area contributed by atoms with Crippen molar-refractivity contribution < 1.29 is 23.5 Å². The summed E-state index contributed by atoms with van der Waals surface area (Å²) in [6, 6.07) is 9.71. The van der Waals surface area contributed by atoms with Gasteiger partial charge in [0.05, 0.1) is 11.1 Å². The van der Waals surface area contributed by atoms with Crippen molar-refractivity contribution in [3.05, 3.63) is 71.2 Å². The summed E-state index contributed by atoms with van der Waals surface area (Å²) in [7, 11) is 0. The van der Waals surface area contributed by atoms with Gasteiger partial charge in [-0.1, -0.05) is 17.3 Å². The lowest BCUT2D eigenvalue weighted by Crippen LogP contribution is -2.38. The number of carboxylic acids is 1. The molecule has 3 aromatic rings. The number of benzene rings is 1. The van der Waals surface area contributed by atoms with E-state index in [1.165, 1.54) is 12.1 Å². The smallest absolute Gasteiger partial charge is 0.309 e. The van der Waals surface area contributed by atoms with Gasteiger partial charge in [0.25, 0.3) is 5.91 Å². The molecule has 4 rings (SSSR count). The van der Waals surface area contributed by atoms with Crippen LogP contribution in [0.1, 0.15) is 54.3 Å². The number of nitrogens with one attached hydrogen (secondary N) is 1. The van der Waals surface area contributed by atoms with E-state index in [0.29, 0.717) is 17.9 Å². The van der Waals surface area contributed by atoms with Gasteiger partial charge < -0.3 is 14.8 Å². The van der Waals surface area contributed by atoms with E-state index in [9.17, 15) is 19.1 Å². The molecule has 0 radical (unpaired) electrons. The van der Waals surface area contributed by atoms with Gasteiger partial charge in [-0.2, -0.15) is 0 Å². The normalized spacial score (nSPS) is 14.8. The number of aliphatic carboxylic acids is 1. The molecule has 2 heterocycles. The third-order valence-corrected chi connectivity index (χ3v) is 5.66. The Labute approximate surface area is 184 Å². The summed E-state index contributed by atoms with van der Waals surface area (Å²) < 4.78 is 20.7. The fraction of sp³-hybridized carbons (Fsp3) is 0.391. The number of hydrogen-bond acceptors (Lipinski definition) is 5. The van der Waals surface area contributed by atoms with Crippen LogP contribution in [-0.2, 0) is 24.2 Å². The van der Waals surface area contributed by atoms with Crippen LogP contribution in [0, 0.1) is 11.2 Å². The molecule has 0 spiro atoms. The number of carbonyl (C=O) groups is 2. The summed E-state index contributed by atoms with van der Waals surface area (Å²) in [4.78, 5) is 24.0. The van der Waals surface area contributed by atoms with Crippen molar-refractivity contribution >= 4 is 11.9 Å². The monoisotopic (exact) mass is 440 g/mol. The second kappa shape index (κ2) is 8.22. The standard InChI is InChI=1S/C23H25FN4O4/c1-22(2,21(30)31)12-17-13-28(27-26-17)14-18-6-7-19(32-18)20(29)25-23(8-9-23)11-15-4-3-5-16(24)10-15/h3-7,10,13H,8-9,11-12,14H2,1-2H3,(H,25,29)(H,30,31). The maximum absolute atomic E-state index is 13.4. The second-order valence-corrected chi connectivity index (χ2v) is 9.08. The van der Waals surface area contributed by atoms with Gasteiger partial charge in [0, 0.05) is 18.2 Å². The zero-order valence-corrected chi connectivity index (χ0v) is 18.0. The number of halogens is 1. The Hall–Kier alpha value is -3.49. The number of furan rings is 1. The molecule has 8 nitrogen and oxygen atoms in total. The predicted molar refractivity (Wildman–Crippen MR) is 112 cm³/mol. The van der Waals surface area contributed by atoms with Crippen LogP contribution in [0.5, 0.6) is 0 Å². The minimum atomic E-state index is -0.943. The molecule has 1 amide bonds. The van der Waals surface area contributed by atoms with E-state index in [-0.39, 0.29) is 36.0 Å². The van der Waals surface area contributed by atoms with Crippen LogP contribution in [0.25, 0.3) is 0 Å². The average Bonchev–Trinajstić information content (AvgIpc) is 3.10. The number of nitrogens with zero attached hydrogens (tertiary/aromatic N) is 3. The number of aromatic nitrogens is 3. The molecule has 0 unspecified atom stereocenters. The van der Waals surface area contributed by atoms with Gasteiger partial charge in [-0.25, -0.2) is 9.07 Å². The molecular formula is C23H25FN4O4. The van der Waals surface area contributed by atoms with Gasteiger partial charge >= 0.3 is 5.97 Å². The minimum Gasteiger partial charge on any atom is -0.481 e. The van der Waals surface area contributed by atoms with Crippen LogP contribution in [-0.4, -0.2) is 37.5 Å². The largest absolute Gasteiger partial charge is 0.481 e. The van der Waals surface area contributed by atoms with Gasteiger partial charge in [-0.15, -0.1) is 5.10 Å². The third-order valence-electron chi connectivity index (χ3n) is 5.66. The highest BCUT2D eigenvalue weighted by molar-refractivity contribution is 5.92. The molecule has 2 aromatic heterocycles. The van der Waals surface area contributed by atoms with E-state index < -0.39 is 11.4 Å². The molecule has 0 atom stereocenters. The first-order valence-corrected chi connectivity index (χ1v) is 10.4. The van der Waals surface area contributed by atoms with Crippen LogP contribution in [0.15, 0.2) is 47.0 Å². The Kier molecular flexibility index (Phi) is 5.58. The fourth-order valence-corrected chi connectivity index (χ4v) is 3.61. The van der Waals surface area contributed by atoms with Gasteiger partial charge in [-0.05, 0) is 62.9 Å². The summed E-state index contributed by atoms with van der Waals surface area (Å²) in [6.07, 6.45) is 4.15. The zero-order chi connectivity index (χ0) is 22.9. The van der Waals surface area contributed by atoms with Crippen molar-refractivity contribution in [2.45, 2.75) is 51.6 Å². The molecule has 0 saturated heterocycles. The van der Waals surface area contributed by atoms with Crippen LogP contribution in [0.4, 0.5) is 4.39 Å². The lowest BCUT2D eigenvalue weighted by molar-refractivity contribution is -0.146. The van der Waals surface area contributed by atoms with E-state index in [0.717, 1.165) is 18.4 Å². The van der Waals surface area contributed by atoms with Crippen LogP contribution < -0.4 is 5.32 Å². The molecule has 32 heavy (non-hydrogen) atoms. The molecule has 9 heteroatoms. The molecule has 1 aliphatic carbocycles. The molecular weight excluding hydrogens is 415 g/mol. The molecule has 0 bridgehead atoms. The third kappa shape index (κ3) is 5.04. The van der Waals surface area contributed by atoms with Crippen LogP contribution >= 0.6 is 0 Å². The first kappa shape index (κ1) is 21.7. The average molecular weight is 440 g/mol. The zero-order valence-electron chi connectivity index (χ0n) is 18.0. The molecule has 1 aliphatic rings. The van der Waals surface area contributed by atoms with E-state index in [2.05, 4.69) is 15.6 Å². The number of rotatable bonds is 9. The topological polar surface area (TPSA) is 110 Å². The number of carbonyl (C=O) groups excluding carboxylic acids is 1. The number of amides is 1. The van der Waals surface area contributed by atoms with Crippen molar-refractivity contribution in [1.29, 1.82) is 0 Å². The number of hydrogen-bond donors (Lipinski definition) is 2. The van der Waals surface area contributed by atoms with Crippen molar-refractivity contribution in [3.8, 4) is 0 Å². The predicted octanol–water partition coefficient (Wildman–Crippen LogP) is 3.22. The first-order valence-electron chi connectivity index (χ1n) is 10.4. The van der Waals surface area contributed by atoms with E-state index in [1.807, 2.05) is 6.07 Å². The number of carboxylic acid groups (broad SMARTS) is 1. The Morgan fingerprint density at radius 1 is 1.28 bits per heavy atom. The molecule has 1 saturated carbocycles. The molecule has 0 aliphatic heterocycles. The lowest BCUT2D eigenvalue weighted by Gasteiger charge is -2.16. The molecule has 2 N–H and O–H groups in total. The van der Waals surface area contributed by atoms with Crippen molar-refractivity contribution in [1.82, 2.24) is 20.3 Å². The van der Waals surface area contributed by atoms with Crippen LogP contribution in [0.2, 0.25) is 0 Å². The Bertz CT molecular complexity index is 1150. The van der Waals surface area contributed by atoms with Crippen molar-refractivity contribution in [2.75, 3.05) is 0 Å². The minimum absolute atomic E-state index is 0.192. The highest BCUT2D eigenvalue weighted by Gasteiger charge is 2.44. The van der Waals surface area contributed by atoms with Gasteiger partial charge in [-0.3, -0.25) is 9.59 Å². The quantitative estimate of drug-likeness (QED) is 0.529. The van der Waals surface area contributed by atoms with Crippen molar-refractivity contribution in [3.63, 3.8) is 0 Å². The van der Waals surface area contributed by atoms with Crippen molar-refractivity contribution in [2.24, 2.45) is 5.41 Å². The van der Waals surface area contributed by atoms with Gasteiger partial charge in [0.15, 0.2) is 5.76 Å². The van der Waals surface area contributed by atoms with Crippen LogP contribution in [0.3, 0.4) is 0 Å². The second-order valence-electron chi connectivity index (χ2n) is 9.08. The van der Waals surface area contributed by atoms with Gasteiger partial charge in [0.2, 0.25) is 0 Å². The SMILES string of the molecule is CC(C)(Cc1cn(Cc2ccc(C(=O)NC3(Cc4cccc(F)c4)CC3)o2)nn1)C(=O)O. The fourth-order valence-electron chi connectivity index (χ4n) is 3.61. The molecule has 1 aromatic carbocycles. The van der Waals surface area contributed by atoms with E-state index in [1.54, 1.807) is 42.9 Å². The first-order chi connectivity index (χ1) is 15.1.